The van der Waals surface area contributed by atoms with Gasteiger partial charge >= 0.3 is 0 Å². The number of piperazine rings is 1. The van der Waals surface area contributed by atoms with E-state index >= 15 is 0 Å². The molecule has 1 saturated heterocycles. The third-order valence-electron chi connectivity index (χ3n) is 3.50. The smallest absolute Gasteiger partial charge is 0.103 e. The van der Waals surface area contributed by atoms with Crippen LogP contribution in [0.25, 0.3) is 0 Å². The van der Waals surface area contributed by atoms with E-state index < -0.39 is 0 Å². The molecule has 2 rings (SSSR count). The predicted octanol–water partition coefficient (Wildman–Crippen LogP) is -2.30. The van der Waals surface area contributed by atoms with Crippen molar-refractivity contribution in [3.05, 3.63) is 35.9 Å². The van der Waals surface area contributed by atoms with Crippen LogP contribution >= 0.6 is 0 Å². The molecule has 0 aliphatic carbocycles. The molecule has 0 bridgehead atoms. The summed E-state index contributed by atoms with van der Waals surface area (Å²) in [7, 11) is 0. The van der Waals surface area contributed by atoms with Crippen LogP contribution in [0.4, 0.5) is 0 Å². The maximum Gasteiger partial charge on any atom is 0.103 e. The zero-order valence-electron chi connectivity index (χ0n) is 10.7. The fourth-order valence-electron chi connectivity index (χ4n) is 2.44. The molecular weight excluding hydrogens is 232 g/mol. The highest BCUT2D eigenvalue weighted by Crippen LogP contribution is 2.01. The number of hydrogen-bond acceptors (Lipinski definition) is 1. The van der Waals surface area contributed by atoms with Gasteiger partial charge in [0, 0.05) is 12.1 Å². The van der Waals surface area contributed by atoms with Crippen LogP contribution < -0.4 is 22.6 Å². The lowest BCUT2D eigenvalue weighted by Crippen LogP contribution is -3.14. The van der Waals surface area contributed by atoms with Crippen molar-refractivity contribution < 1.29 is 17.3 Å². The second-order valence-electron chi connectivity index (χ2n) is 5.17. The number of nitrogens with one attached hydrogen (secondary N) is 2. The molecule has 2 nitrogen and oxygen atoms in total. The first-order chi connectivity index (χ1) is 7.75. The van der Waals surface area contributed by atoms with Crippen molar-refractivity contribution in [2.45, 2.75) is 26.4 Å². The topological polar surface area (TPSA) is 16.5 Å². The summed E-state index contributed by atoms with van der Waals surface area (Å²) in [6.07, 6.45) is 0. The third-order valence-corrected chi connectivity index (χ3v) is 3.50. The summed E-state index contributed by atoms with van der Waals surface area (Å²) in [4.78, 5) is 1.71. The zero-order valence-corrected chi connectivity index (χ0v) is 11.5. The molecule has 0 amide bonds. The van der Waals surface area contributed by atoms with Crippen LogP contribution in [0.1, 0.15) is 19.4 Å². The molecule has 0 spiro atoms. The molecule has 2 N–H and O–H groups in total. The monoisotopic (exact) mass is 254 g/mol. The van der Waals surface area contributed by atoms with Crippen LogP contribution in [0.3, 0.4) is 0 Å². The molecule has 1 aliphatic rings. The molecule has 1 heterocycles. The first kappa shape index (κ1) is 14.5. The number of rotatable bonds is 3. The molecule has 1 aliphatic heterocycles. The SMILES string of the molecule is CC(C)C1C[NH+](Cc2ccccc2)CCN1.[Cl-]. The average Bonchev–Trinajstić information content (AvgIpc) is 2.30. The molecule has 3 heteroatoms. The van der Waals surface area contributed by atoms with Crippen molar-refractivity contribution in [1.29, 1.82) is 0 Å². The zero-order chi connectivity index (χ0) is 11.4. The van der Waals surface area contributed by atoms with Crippen molar-refractivity contribution in [2.24, 2.45) is 5.92 Å². The lowest BCUT2D eigenvalue weighted by molar-refractivity contribution is -0.918. The molecule has 2 unspecified atom stereocenters. The maximum atomic E-state index is 3.61. The molecule has 17 heavy (non-hydrogen) atoms. The minimum Gasteiger partial charge on any atom is -1.00 e. The predicted molar refractivity (Wildman–Crippen MR) is 67.5 cm³/mol. The van der Waals surface area contributed by atoms with Crippen LogP contribution in [-0.4, -0.2) is 25.7 Å². The molecule has 1 aromatic carbocycles. The normalized spacial score (nSPS) is 24.4. The van der Waals surface area contributed by atoms with Gasteiger partial charge in [-0.2, -0.15) is 0 Å². The maximum absolute atomic E-state index is 3.61. The molecule has 0 saturated carbocycles. The van der Waals surface area contributed by atoms with Gasteiger partial charge in [0.1, 0.15) is 6.54 Å². The standard InChI is InChI=1S/C14H22N2.ClH/c1-12(2)14-11-16(9-8-15-14)10-13-6-4-3-5-7-13;/h3-7,12,14-15H,8-11H2,1-2H3;1H. The van der Waals surface area contributed by atoms with Gasteiger partial charge in [-0.3, -0.25) is 0 Å². The van der Waals surface area contributed by atoms with Crippen molar-refractivity contribution >= 4 is 0 Å². The summed E-state index contributed by atoms with van der Waals surface area (Å²) < 4.78 is 0. The van der Waals surface area contributed by atoms with E-state index in [1.807, 2.05) is 0 Å². The summed E-state index contributed by atoms with van der Waals surface area (Å²) in [6.45, 7) is 9.45. The summed E-state index contributed by atoms with van der Waals surface area (Å²) in [5.74, 6) is 0.742. The third kappa shape index (κ3) is 4.30. The number of quaternary nitrogens is 1. The highest BCUT2D eigenvalue weighted by atomic mass is 35.5. The van der Waals surface area contributed by atoms with Gasteiger partial charge in [-0.05, 0) is 5.92 Å². The molecule has 0 radical (unpaired) electrons. The first-order valence-electron chi connectivity index (χ1n) is 6.36. The Labute approximate surface area is 111 Å². The number of benzene rings is 1. The van der Waals surface area contributed by atoms with E-state index in [4.69, 9.17) is 0 Å². The highest BCUT2D eigenvalue weighted by Gasteiger charge is 2.24. The fourth-order valence-corrected chi connectivity index (χ4v) is 2.44. The molecule has 1 aromatic rings. The average molecular weight is 255 g/mol. The van der Waals surface area contributed by atoms with E-state index in [9.17, 15) is 0 Å². The Morgan fingerprint density at radius 2 is 2.00 bits per heavy atom. The van der Waals surface area contributed by atoms with Gasteiger partial charge in [-0.1, -0.05) is 44.2 Å². The minimum absolute atomic E-state index is 0. The lowest BCUT2D eigenvalue weighted by Gasteiger charge is -2.33. The summed E-state index contributed by atoms with van der Waals surface area (Å²) in [6, 6.07) is 11.5. The van der Waals surface area contributed by atoms with Crippen molar-refractivity contribution in [1.82, 2.24) is 5.32 Å². The van der Waals surface area contributed by atoms with Crippen molar-refractivity contribution in [3.63, 3.8) is 0 Å². The Morgan fingerprint density at radius 3 is 2.65 bits per heavy atom. The van der Waals surface area contributed by atoms with E-state index in [1.54, 1.807) is 4.90 Å². The molecular formula is C14H23ClN2. The Morgan fingerprint density at radius 1 is 1.29 bits per heavy atom. The number of halogens is 1. The Balaban J connectivity index is 0.00000144. The van der Waals surface area contributed by atoms with Crippen LogP contribution in [0.2, 0.25) is 0 Å². The Kier molecular flexibility index (Phi) is 5.96. The van der Waals surface area contributed by atoms with Gasteiger partial charge in [0.25, 0.3) is 0 Å². The van der Waals surface area contributed by atoms with E-state index in [-0.39, 0.29) is 12.4 Å². The molecule has 96 valence electrons. The second kappa shape index (κ2) is 7.00. The highest BCUT2D eigenvalue weighted by molar-refractivity contribution is 5.13. The van der Waals surface area contributed by atoms with Crippen LogP contribution in [0.5, 0.6) is 0 Å². The van der Waals surface area contributed by atoms with E-state index in [2.05, 4.69) is 49.5 Å². The lowest BCUT2D eigenvalue weighted by atomic mass is 10.0. The van der Waals surface area contributed by atoms with Crippen LogP contribution in [-0.2, 0) is 6.54 Å². The van der Waals surface area contributed by atoms with Gasteiger partial charge < -0.3 is 22.6 Å². The quantitative estimate of drug-likeness (QED) is 0.621. The van der Waals surface area contributed by atoms with Gasteiger partial charge in [-0.25, -0.2) is 0 Å². The van der Waals surface area contributed by atoms with Crippen LogP contribution in [0, 0.1) is 5.92 Å². The van der Waals surface area contributed by atoms with Gasteiger partial charge in [0.05, 0.1) is 19.1 Å². The molecule has 0 aromatic heterocycles. The summed E-state index contributed by atoms with van der Waals surface area (Å²) in [5.41, 5.74) is 1.46. The summed E-state index contributed by atoms with van der Waals surface area (Å²) in [5, 5.41) is 3.61. The fraction of sp³-hybridized carbons (Fsp3) is 0.571. The van der Waals surface area contributed by atoms with Crippen molar-refractivity contribution in [3.8, 4) is 0 Å². The molecule has 1 fully saturated rings. The van der Waals surface area contributed by atoms with Gasteiger partial charge in [-0.15, -0.1) is 0 Å². The van der Waals surface area contributed by atoms with Gasteiger partial charge in [0.15, 0.2) is 0 Å². The van der Waals surface area contributed by atoms with E-state index in [0.29, 0.717) is 6.04 Å². The van der Waals surface area contributed by atoms with Crippen molar-refractivity contribution in [2.75, 3.05) is 19.6 Å². The van der Waals surface area contributed by atoms with E-state index in [0.717, 1.165) is 12.5 Å². The Bertz CT molecular complexity index is 313. The summed E-state index contributed by atoms with van der Waals surface area (Å²) >= 11 is 0. The van der Waals surface area contributed by atoms with Crippen LogP contribution in [0.15, 0.2) is 30.3 Å². The Hall–Kier alpha value is -0.570. The van der Waals surface area contributed by atoms with Gasteiger partial charge in [0.2, 0.25) is 0 Å². The second-order valence-corrected chi connectivity index (χ2v) is 5.17. The minimum atomic E-state index is 0. The van der Waals surface area contributed by atoms with E-state index in [1.165, 1.54) is 25.2 Å². The molecule has 2 atom stereocenters. The first-order valence-corrected chi connectivity index (χ1v) is 6.36. The number of hydrogen-bond donors (Lipinski definition) is 2. The largest absolute Gasteiger partial charge is 1.00 e.